The number of rotatable bonds is 3. The van der Waals surface area contributed by atoms with Gasteiger partial charge in [0.15, 0.2) is 0 Å². The second kappa shape index (κ2) is 3.16. The molecule has 0 aromatic carbocycles. The fraction of sp³-hybridized carbons (Fsp3) is 1.00. The summed E-state index contributed by atoms with van der Waals surface area (Å²) in [4.78, 5) is 0. The predicted molar refractivity (Wildman–Crippen MR) is 35.9 cm³/mol. The molecule has 1 nitrogen and oxygen atoms in total. The van der Waals surface area contributed by atoms with Gasteiger partial charge in [-0.1, -0.05) is 19.3 Å². The molecule has 0 saturated heterocycles. The molecule has 0 unspecified atom stereocenters. The van der Waals surface area contributed by atoms with Gasteiger partial charge in [-0.25, -0.2) is 4.39 Å². The second-order valence-corrected chi connectivity index (χ2v) is 2.87. The van der Waals surface area contributed by atoms with Crippen molar-refractivity contribution < 1.29 is 4.39 Å². The van der Waals surface area contributed by atoms with Gasteiger partial charge in [0.05, 0.1) is 0 Å². The van der Waals surface area contributed by atoms with Crippen LogP contribution in [-0.4, -0.2) is 12.7 Å². The molecule has 1 aliphatic carbocycles. The van der Waals surface area contributed by atoms with E-state index < -0.39 is 6.17 Å². The first-order chi connectivity index (χ1) is 4.33. The van der Waals surface area contributed by atoms with E-state index in [2.05, 4.69) is 0 Å². The Bertz CT molecular complexity index is 78.2. The Morgan fingerprint density at radius 3 is 2.56 bits per heavy atom. The highest BCUT2D eigenvalue weighted by atomic mass is 19.1. The molecule has 9 heavy (non-hydrogen) atoms. The molecule has 0 heterocycles. The van der Waals surface area contributed by atoms with Crippen molar-refractivity contribution in [1.29, 1.82) is 0 Å². The Balaban J connectivity index is 2.01. The van der Waals surface area contributed by atoms with Crippen LogP contribution in [0.3, 0.4) is 0 Å². The Labute approximate surface area is 55.4 Å². The topological polar surface area (TPSA) is 26.0 Å². The van der Waals surface area contributed by atoms with Gasteiger partial charge < -0.3 is 5.73 Å². The first-order valence-corrected chi connectivity index (χ1v) is 3.67. The summed E-state index contributed by atoms with van der Waals surface area (Å²) in [6, 6.07) is 0. The third-order valence-electron chi connectivity index (χ3n) is 2.07. The highest BCUT2D eigenvalue weighted by Gasteiger charge is 2.20. The quantitative estimate of drug-likeness (QED) is 0.616. The van der Waals surface area contributed by atoms with Crippen LogP contribution in [-0.2, 0) is 0 Å². The Morgan fingerprint density at radius 1 is 1.56 bits per heavy atom. The summed E-state index contributed by atoms with van der Waals surface area (Å²) in [5.74, 6) is 0.656. The summed E-state index contributed by atoms with van der Waals surface area (Å²) in [5, 5.41) is 0. The monoisotopic (exact) mass is 131 g/mol. The van der Waals surface area contributed by atoms with Crippen molar-refractivity contribution in [2.75, 3.05) is 6.54 Å². The van der Waals surface area contributed by atoms with E-state index >= 15 is 0 Å². The Morgan fingerprint density at radius 2 is 2.22 bits per heavy atom. The minimum Gasteiger partial charge on any atom is -0.328 e. The van der Waals surface area contributed by atoms with Crippen molar-refractivity contribution in [3.05, 3.63) is 0 Å². The number of hydrogen-bond acceptors (Lipinski definition) is 1. The molecule has 0 amide bonds. The summed E-state index contributed by atoms with van der Waals surface area (Å²) in [5.41, 5.74) is 5.12. The van der Waals surface area contributed by atoms with Crippen molar-refractivity contribution >= 4 is 0 Å². The summed E-state index contributed by atoms with van der Waals surface area (Å²) >= 11 is 0. The molecule has 0 radical (unpaired) electrons. The van der Waals surface area contributed by atoms with Gasteiger partial charge in [0.25, 0.3) is 0 Å². The molecule has 0 aromatic heterocycles. The molecule has 2 N–H and O–H groups in total. The fourth-order valence-electron chi connectivity index (χ4n) is 1.19. The molecule has 1 atom stereocenters. The lowest BCUT2D eigenvalue weighted by molar-refractivity contribution is 0.209. The summed E-state index contributed by atoms with van der Waals surface area (Å²) in [6.45, 7) is 0.205. The van der Waals surface area contributed by atoms with Gasteiger partial charge in [-0.2, -0.15) is 0 Å². The SMILES string of the molecule is NC[C@@H](F)CC1CCC1. The summed E-state index contributed by atoms with van der Waals surface area (Å²) < 4.78 is 12.5. The van der Waals surface area contributed by atoms with Crippen LogP contribution in [0.15, 0.2) is 0 Å². The van der Waals surface area contributed by atoms with Gasteiger partial charge in [-0.15, -0.1) is 0 Å². The molecule has 1 fully saturated rings. The van der Waals surface area contributed by atoms with Crippen LogP contribution >= 0.6 is 0 Å². The lowest BCUT2D eigenvalue weighted by Crippen LogP contribution is -2.22. The largest absolute Gasteiger partial charge is 0.328 e. The summed E-state index contributed by atoms with van der Waals surface area (Å²) in [6.07, 6.45) is 3.70. The van der Waals surface area contributed by atoms with Crippen molar-refractivity contribution in [2.45, 2.75) is 31.9 Å². The first-order valence-electron chi connectivity index (χ1n) is 3.67. The van der Waals surface area contributed by atoms with Crippen LogP contribution in [0.4, 0.5) is 4.39 Å². The zero-order valence-corrected chi connectivity index (χ0v) is 5.65. The highest BCUT2D eigenvalue weighted by Crippen LogP contribution is 2.30. The molecular formula is C7H14FN. The number of nitrogens with two attached hydrogens (primary N) is 1. The number of halogens is 1. The van der Waals surface area contributed by atoms with E-state index in [0.717, 1.165) is 0 Å². The van der Waals surface area contributed by atoms with E-state index in [1.807, 2.05) is 0 Å². The highest BCUT2D eigenvalue weighted by molar-refractivity contribution is 4.73. The molecule has 54 valence electrons. The third kappa shape index (κ3) is 1.94. The smallest absolute Gasteiger partial charge is 0.113 e. The standard InChI is InChI=1S/C7H14FN/c8-7(5-9)4-6-2-1-3-6/h6-7H,1-5,9H2/t7-/m0/s1. The second-order valence-electron chi connectivity index (χ2n) is 2.87. The molecule has 0 bridgehead atoms. The van der Waals surface area contributed by atoms with Gasteiger partial charge in [-0.05, 0) is 12.3 Å². The van der Waals surface area contributed by atoms with Crippen LogP contribution in [0.5, 0.6) is 0 Å². The minimum absolute atomic E-state index is 0.205. The molecule has 0 aromatic rings. The zero-order chi connectivity index (χ0) is 6.69. The molecule has 2 heteroatoms. The predicted octanol–water partition coefficient (Wildman–Crippen LogP) is 1.47. The van der Waals surface area contributed by atoms with Crippen LogP contribution in [0.2, 0.25) is 0 Å². The molecule has 1 aliphatic rings. The molecule has 0 spiro atoms. The summed E-state index contributed by atoms with van der Waals surface area (Å²) in [7, 11) is 0. The fourth-order valence-corrected chi connectivity index (χ4v) is 1.19. The van der Waals surface area contributed by atoms with Gasteiger partial charge in [0.1, 0.15) is 6.17 Å². The van der Waals surface area contributed by atoms with Crippen LogP contribution in [0.1, 0.15) is 25.7 Å². The lowest BCUT2D eigenvalue weighted by Gasteiger charge is -2.26. The van der Waals surface area contributed by atoms with E-state index in [9.17, 15) is 4.39 Å². The van der Waals surface area contributed by atoms with Crippen LogP contribution in [0, 0.1) is 5.92 Å². The van der Waals surface area contributed by atoms with Crippen molar-refractivity contribution in [3.63, 3.8) is 0 Å². The maximum absolute atomic E-state index is 12.5. The first kappa shape index (κ1) is 7.00. The number of hydrogen-bond donors (Lipinski definition) is 1. The molecule has 1 saturated carbocycles. The van der Waals surface area contributed by atoms with E-state index in [4.69, 9.17) is 5.73 Å². The third-order valence-corrected chi connectivity index (χ3v) is 2.07. The van der Waals surface area contributed by atoms with Gasteiger partial charge in [0, 0.05) is 6.54 Å². The Hall–Kier alpha value is -0.110. The van der Waals surface area contributed by atoms with E-state index in [1.54, 1.807) is 0 Å². The van der Waals surface area contributed by atoms with Crippen molar-refractivity contribution in [3.8, 4) is 0 Å². The minimum atomic E-state index is -0.740. The lowest BCUT2D eigenvalue weighted by atomic mass is 9.82. The van der Waals surface area contributed by atoms with Crippen molar-refractivity contribution in [2.24, 2.45) is 11.7 Å². The number of alkyl halides is 1. The Kier molecular flexibility index (Phi) is 2.46. The van der Waals surface area contributed by atoms with Crippen LogP contribution < -0.4 is 5.73 Å². The maximum atomic E-state index is 12.5. The molecule has 0 aliphatic heterocycles. The average molecular weight is 131 g/mol. The van der Waals surface area contributed by atoms with Gasteiger partial charge >= 0.3 is 0 Å². The van der Waals surface area contributed by atoms with Crippen molar-refractivity contribution in [1.82, 2.24) is 0 Å². The van der Waals surface area contributed by atoms with E-state index in [1.165, 1.54) is 19.3 Å². The van der Waals surface area contributed by atoms with Gasteiger partial charge in [0.2, 0.25) is 0 Å². The molecule has 1 rings (SSSR count). The molecular weight excluding hydrogens is 117 g/mol. The van der Waals surface area contributed by atoms with Crippen LogP contribution in [0.25, 0.3) is 0 Å². The van der Waals surface area contributed by atoms with E-state index in [0.29, 0.717) is 12.3 Å². The zero-order valence-electron chi connectivity index (χ0n) is 5.65. The van der Waals surface area contributed by atoms with E-state index in [-0.39, 0.29) is 6.54 Å². The maximum Gasteiger partial charge on any atom is 0.113 e. The normalized spacial score (nSPS) is 23.3. The van der Waals surface area contributed by atoms with Gasteiger partial charge in [-0.3, -0.25) is 0 Å². The average Bonchev–Trinajstić information content (AvgIpc) is 1.78.